The summed E-state index contributed by atoms with van der Waals surface area (Å²) in [6, 6.07) is 2.11. The average Bonchev–Trinajstić information content (AvgIpc) is 2.90. The molecular formula is C14H22N2O3S. The zero-order valence-corrected chi connectivity index (χ0v) is 13.3. The van der Waals surface area contributed by atoms with Gasteiger partial charge in [0.05, 0.1) is 20.2 Å². The summed E-state index contributed by atoms with van der Waals surface area (Å²) in [7, 11) is 3.13. The van der Waals surface area contributed by atoms with E-state index in [1.54, 1.807) is 28.2 Å². The molecule has 5 nitrogen and oxygen atoms in total. The number of esters is 1. The number of nitrogens with zero attached hydrogens (tertiary/aromatic N) is 2. The maximum Gasteiger partial charge on any atom is 0.319 e. The van der Waals surface area contributed by atoms with Crippen molar-refractivity contribution >= 4 is 23.2 Å². The van der Waals surface area contributed by atoms with Crippen LogP contribution in [0.4, 0.5) is 0 Å². The molecule has 112 valence electrons. The van der Waals surface area contributed by atoms with E-state index in [0.717, 1.165) is 5.56 Å². The van der Waals surface area contributed by atoms with E-state index in [0.29, 0.717) is 6.54 Å². The molecule has 0 N–H and O–H groups in total. The third-order valence-electron chi connectivity index (χ3n) is 3.05. The molecule has 0 unspecified atom stereocenters. The van der Waals surface area contributed by atoms with Crippen molar-refractivity contribution in [2.24, 2.45) is 0 Å². The van der Waals surface area contributed by atoms with E-state index < -0.39 is 0 Å². The van der Waals surface area contributed by atoms with Crippen LogP contribution in [0.1, 0.15) is 19.4 Å². The highest BCUT2D eigenvalue weighted by molar-refractivity contribution is 7.07. The minimum absolute atomic E-state index is 0.00574. The van der Waals surface area contributed by atoms with Crippen LogP contribution in [0.25, 0.3) is 0 Å². The highest BCUT2D eigenvalue weighted by atomic mass is 32.1. The van der Waals surface area contributed by atoms with Crippen LogP contribution in [0.2, 0.25) is 0 Å². The average molecular weight is 298 g/mol. The summed E-state index contributed by atoms with van der Waals surface area (Å²) < 4.78 is 4.65. The van der Waals surface area contributed by atoms with E-state index in [9.17, 15) is 9.59 Å². The minimum atomic E-state index is -0.327. The van der Waals surface area contributed by atoms with Crippen LogP contribution in [-0.4, -0.2) is 55.0 Å². The Morgan fingerprint density at radius 3 is 2.55 bits per heavy atom. The van der Waals surface area contributed by atoms with Crippen molar-refractivity contribution in [3.8, 4) is 0 Å². The third-order valence-corrected chi connectivity index (χ3v) is 3.79. The number of carbonyl (C=O) groups excluding carboxylic acids is 2. The van der Waals surface area contributed by atoms with Gasteiger partial charge in [-0.05, 0) is 36.2 Å². The summed E-state index contributed by atoms with van der Waals surface area (Å²) in [4.78, 5) is 27.0. The second-order valence-electron chi connectivity index (χ2n) is 4.96. The molecule has 6 heteroatoms. The first-order valence-corrected chi connectivity index (χ1v) is 7.44. The van der Waals surface area contributed by atoms with Crippen LogP contribution >= 0.6 is 11.3 Å². The number of ether oxygens (including phenoxy) is 1. The molecule has 0 saturated carbocycles. The quantitative estimate of drug-likeness (QED) is 0.717. The molecule has 1 aromatic heterocycles. The summed E-state index contributed by atoms with van der Waals surface area (Å²) in [6.07, 6.45) is 0. The molecule has 1 amide bonds. The van der Waals surface area contributed by atoms with Gasteiger partial charge in [0.25, 0.3) is 0 Å². The topological polar surface area (TPSA) is 49.9 Å². The predicted octanol–water partition coefficient (Wildman–Crippen LogP) is 1.59. The van der Waals surface area contributed by atoms with Crippen molar-refractivity contribution in [1.29, 1.82) is 0 Å². The van der Waals surface area contributed by atoms with E-state index in [4.69, 9.17) is 0 Å². The lowest BCUT2D eigenvalue weighted by Gasteiger charge is -2.27. The maximum absolute atomic E-state index is 12.2. The summed E-state index contributed by atoms with van der Waals surface area (Å²) in [5.41, 5.74) is 1.12. The van der Waals surface area contributed by atoms with Crippen LogP contribution < -0.4 is 0 Å². The van der Waals surface area contributed by atoms with Crippen molar-refractivity contribution in [3.63, 3.8) is 0 Å². The monoisotopic (exact) mass is 298 g/mol. The highest BCUT2D eigenvalue weighted by Gasteiger charge is 2.20. The largest absolute Gasteiger partial charge is 0.468 e. The fourth-order valence-electron chi connectivity index (χ4n) is 1.69. The van der Waals surface area contributed by atoms with Gasteiger partial charge in [0.1, 0.15) is 0 Å². The summed E-state index contributed by atoms with van der Waals surface area (Å²) in [5.74, 6) is -0.333. The van der Waals surface area contributed by atoms with E-state index in [1.165, 1.54) is 7.11 Å². The van der Waals surface area contributed by atoms with Gasteiger partial charge in [-0.1, -0.05) is 0 Å². The van der Waals surface area contributed by atoms with Gasteiger partial charge in [0, 0.05) is 19.6 Å². The summed E-state index contributed by atoms with van der Waals surface area (Å²) >= 11 is 1.61. The molecule has 0 radical (unpaired) electrons. The number of likely N-dealkylation sites (N-methyl/N-ethyl adjacent to an activating group) is 1. The number of carbonyl (C=O) groups is 2. The number of rotatable bonds is 7. The molecule has 0 atom stereocenters. The lowest BCUT2D eigenvalue weighted by atomic mass is 10.3. The van der Waals surface area contributed by atoms with Gasteiger partial charge in [-0.2, -0.15) is 11.3 Å². The van der Waals surface area contributed by atoms with Crippen molar-refractivity contribution < 1.29 is 14.3 Å². The van der Waals surface area contributed by atoms with Gasteiger partial charge in [0.2, 0.25) is 5.91 Å². The summed E-state index contributed by atoms with van der Waals surface area (Å²) in [5, 5.41) is 4.02. The van der Waals surface area contributed by atoms with Crippen molar-refractivity contribution in [2.45, 2.75) is 26.4 Å². The van der Waals surface area contributed by atoms with Crippen molar-refractivity contribution in [2.75, 3.05) is 27.2 Å². The van der Waals surface area contributed by atoms with Crippen molar-refractivity contribution in [1.82, 2.24) is 9.80 Å². The molecular weight excluding hydrogens is 276 g/mol. The van der Waals surface area contributed by atoms with E-state index in [2.05, 4.69) is 4.74 Å². The van der Waals surface area contributed by atoms with Gasteiger partial charge >= 0.3 is 5.97 Å². The predicted molar refractivity (Wildman–Crippen MR) is 79.5 cm³/mol. The van der Waals surface area contributed by atoms with Crippen LogP contribution in [0, 0.1) is 0 Å². The number of amides is 1. The molecule has 20 heavy (non-hydrogen) atoms. The fraction of sp³-hybridized carbons (Fsp3) is 0.571. The minimum Gasteiger partial charge on any atom is -0.468 e. The van der Waals surface area contributed by atoms with E-state index in [-0.39, 0.29) is 31.0 Å². The SMILES string of the molecule is COC(=O)CN(CC(=O)N(C)Cc1ccsc1)C(C)C. The van der Waals surface area contributed by atoms with Gasteiger partial charge < -0.3 is 9.64 Å². The number of hydrogen-bond donors (Lipinski definition) is 0. The Labute approximate surface area is 124 Å². The second-order valence-corrected chi connectivity index (χ2v) is 5.74. The van der Waals surface area contributed by atoms with Crippen LogP contribution in [0.15, 0.2) is 16.8 Å². The molecule has 0 aliphatic rings. The normalized spacial score (nSPS) is 10.9. The maximum atomic E-state index is 12.2. The van der Waals surface area contributed by atoms with Gasteiger partial charge in [0.15, 0.2) is 0 Å². The zero-order chi connectivity index (χ0) is 15.1. The first-order chi connectivity index (χ1) is 9.43. The molecule has 0 saturated heterocycles. The first kappa shape index (κ1) is 16.7. The Kier molecular flexibility index (Phi) is 6.67. The third kappa shape index (κ3) is 5.30. The Bertz CT molecular complexity index is 432. The van der Waals surface area contributed by atoms with Crippen LogP contribution in [0.5, 0.6) is 0 Å². The Morgan fingerprint density at radius 2 is 2.05 bits per heavy atom. The smallest absolute Gasteiger partial charge is 0.319 e. The fourth-order valence-corrected chi connectivity index (χ4v) is 2.35. The molecule has 0 spiro atoms. The van der Waals surface area contributed by atoms with Gasteiger partial charge in [-0.15, -0.1) is 0 Å². The summed E-state index contributed by atoms with van der Waals surface area (Å²) in [6.45, 7) is 4.84. The van der Waals surface area contributed by atoms with E-state index in [1.807, 2.05) is 30.7 Å². The lowest BCUT2D eigenvalue weighted by Crippen LogP contribution is -2.43. The Balaban J connectivity index is 2.54. The van der Waals surface area contributed by atoms with E-state index >= 15 is 0 Å². The number of methoxy groups -OCH3 is 1. The zero-order valence-electron chi connectivity index (χ0n) is 12.5. The van der Waals surface area contributed by atoms with Crippen molar-refractivity contribution in [3.05, 3.63) is 22.4 Å². The molecule has 1 rings (SSSR count). The standard InChI is InChI=1S/C14H22N2O3S/c1-11(2)16(9-14(18)19-4)8-13(17)15(3)7-12-5-6-20-10-12/h5-6,10-11H,7-9H2,1-4H3. The highest BCUT2D eigenvalue weighted by Crippen LogP contribution is 2.09. The van der Waals surface area contributed by atoms with Gasteiger partial charge in [-0.25, -0.2) is 0 Å². The van der Waals surface area contributed by atoms with Gasteiger partial charge in [-0.3, -0.25) is 14.5 Å². The molecule has 0 fully saturated rings. The molecule has 1 aromatic rings. The molecule has 0 aromatic carbocycles. The lowest BCUT2D eigenvalue weighted by molar-refractivity contribution is -0.143. The second kappa shape index (κ2) is 8.01. The molecule has 0 aliphatic heterocycles. The Morgan fingerprint density at radius 1 is 1.35 bits per heavy atom. The Hall–Kier alpha value is -1.40. The van der Waals surface area contributed by atoms with Crippen LogP contribution in [0.3, 0.4) is 0 Å². The molecule has 1 heterocycles. The number of hydrogen-bond acceptors (Lipinski definition) is 5. The molecule has 0 aliphatic carbocycles. The molecule has 0 bridgehead atoms. The number of thiophene rings is 1. The van der Waals surface area contributed by atoms with Crippen LogP contribution in [-0.2, 0) is 20.9 Å². The first-order valence-electron chi connectivity index (χ1n) is 6.50.